The monoisotopic (exact) mass is 265 g/mol. The van der Waals surface area contributed by atoms with Crippen LogP contribution in [0.25, 0.3) is 0 Å². The molecule has 0 atom stereocenters. The van der Waals surface area contributed by atoms with E-state index < -0.39 is 0 Å². The molecule has 1 amide bonds. The van der Waals surface area contributed by atoms with E-state index in [1.165, 1.54) is 0 Å². The molecule has 0 aliphatic carbocycles. The molecule has 1 aromatic rings. The first-order chi connectivity index (χ1) is 8.58. The van der Waals surface area contributed by atoms with Crippen molar-refractivity contribution in [3.63, 3.8) is 0 Å². The second kappa shape index (κ2) is 5.26. The van der Waals surface area contributed by atoms with Crippen molar-refractivity contribution in [1.29, 1.82) is 0 Å². The molecule has 7 heteroatoms. The highest BCUT2D eigenvalue weighted by Gasteiger charge is 2.21. The Bertz CT molecular complexity index is 478. The highest BCUT2D eigenvalue weighted by atomic mass is 32.1. The Balaban J connectivity index is 2.22. The van der Waals surface area contributed by atoms with Crippen LogP contribution in [0.4, 0.5) is 5.95 Å². The molecule has 1 fully saturated rings. The van der Waals surface area contributed by atoms with Gasteiger partial charge in [-0.3, -0.25) is 4.79 Å². The fraction of sp³-hybridized carbons (Fsp3) is 0.455. The highest BCUT2D eigenvalue weighted by molar-refractivity contribution is 7.80. The summed E-state index contributed by atoms with van der Waals surface area (Å²) in [4.78, 5) is 24.1. The Labute approximate surface area is 111 Å². The number of hydrogen-bond acceptors (Lipinski definition) is 5. The summed E-state index contributed by atoms with van der Waals surface area (Å²) in [6.45, 7) is 1.79. The number of nitrogens with two attached hydrogens (primary N) is 1. The predicted molar refractivity (Wildman–Crippen MR) is 72.4 cm³/mol. The van der Waals surface area contributed by atoms with Gasteiger partial charge in [-0.25, -0.2) is 9.97 Å². The molecule has 0 saturated carbocycles. The van der Waals surface area contributed by atoms with Crippen LogP contribution in [0.2, 0.25) is 0 Å². The van der Waals surface area contributed by atoms with E-state index in [2.05, 4.69) is 9.97 Å². The third kappa shape index (κ3) is 2.73. The Morgan fingerprint density at radius 2 is 2.28 bits per heavy atom. The van der Waals surface area contributed by atoms with Gasteiger partial charge in [-0.2, -0.15) is 0 Å². The molecule has 0 aromatic carbocycles. The minimum atomic E-state index is 0.0665. The molecule has 0 spiro atoms. The zero-order valence-electron chi connectivity index (χ0n) is 10.2. The van der Waals surface area contributed by atoms with Gasteiger partial charge in [0.25, 0.3) is 0 Å². The number of likely N-dealkylation sites (N-methyl/N-ethyl adjacent to an activating group) is 1. The molecule has 2 heterocycles. The summed E-state index contributed by atoms with van der Waals surface area (Å²) in [6, 6.07) is 1.66. The number of thiocarbonyl (C=S) groups is 1. The van der Waals surface area contributed by atoms with Gasteiger partial charge in [0.2, 0.25) is 11.9 Å². The van der Waals surface area contributed by atoms with Crippen LogP contribution in [0.5, 0.6) is 0 Å². The first kappa shape index (κ1) is 12.7. The summed E-state index contributed by atoms with van der Waals surface area (Å²) in [6.07, 6.45) is 2.50. The van der Waals surface area contributed by atoms with Gasteiger partial charge >= 0.3 is 0 Å². The van der Waals surface area contributed by atoms with Crippen molar-refractivity contribution in [1.82, 2.24) is 14.9 Å². The van der Waals surface area contributed by atoms with Crippen molar-refractivity contribution in [2.24, 2.45) is 5.73 Å². The van der Waals surface area contributed by atoms with Gasteiger partial charge in [0, 0.05) is 26.3 Å². The molecular weight excluding hydrogens is 250 g/mol. The summed E-state index contributed by atoms with van der Waals surface area (Å²) in [5.41, 5.74) is 6.07. The standard InChI is InChI=1S/C11H15N5OS/c1-15-5-2-6-16(7-9(15)17)11-13-4-3-8(14-11)10(12)18/h3-4H,2,5-7H2,1H3,(H2,12,18). The van der Waals surface area contributed by atoms with E-state index in [1.54, 1.807) is 24.2 Å². The SMILES string of the molecule is CN1CCCN(c2nccc(C(N)=S)n2)CC1=O. The number of hydrogen-bond donors (Lipinski definition) is 1. The van der Waals surface area contributed by atoms with Crippen LogP contribution in [0, 0.1) is 0 Å². The predicted octanol–water partition coefficient (Wildman–Crippen LogP) is -0.221. The number of carbonyl (C=O) groups is 1. The van der Waals surface area contributed by atoms with Crippen LogP contribution in [0.1, 0.15) is 12.1 Å². The fourth-order valence-corrected chi connectivity index (χ4v) is 1.91. The van der Waals surface area contributed by atoms with E-state index in [1.807, 2.05) is 4.90 Å². The number of nitrogens with zero attached hydrogens (tertiary/aromatic N) is 4. The van der Waals surface area contributed by atoms with Gasteiger partial charge in [0.05, 0.1) is 6.54 Å². The molecule has 1 saturated heterocycles. The zero-order chi connectivity index (χ0) is 13.1. The van der Waals surface area contributed by atoms with Gasteiger partial charge in [0.1, 0.15) is 10.7 Å². The van der Waals surface area contributed by atoms with Crippen LogP contribution >= 0.6 is 12.2 Å². The number of anilines is 1. The normalized spacial score (nSPS) is 16.6. The number of aromatic nitrogens is 2. The summed E-state index contributed by atoms with van der Waals surface area (Å²) < 4.78 is 0. The maximum Gasteiger partial charge on any atom is 0.241 e. The van der Waals surface area contributed by atoms with Crippen LogP contribution in [-0.2, 0) is 4.79 Å². The van der Waals surface area contributed by atoms with Gasteiger partial charge in [-0.15, -0.1) is 0 Å². The zero-order valence-corrected chi connectivity index (χ0v) is 11.0. The van der Waals surface area contributed by atoms with E-state index in [9.17, 15) is 4.79 Å². The van der Waals surface area contributed by atoms with Crippen molar-refractivity contribution < 1.29 is 4.79 Å². The van der Waals surface area contributed by atoms with Crippen molar-refractivity contribution >= 4 is 29.1 Å². The Morgan fingerprint density at radius 1 is 1.50 bits per heavy atom. The summed E-state index contributed by atoms with van der Waals surface area (Å²) in [5.74, 6) is 0.570. The molecule has 2 rings (SSSR count). The lowest BCUT2D eigenvalue weighted by Crippen LogP contribution is -2.35. The first-order valence-electron chi connectivity index (χ1n) is 5.69. The summed E-state index contributed by atoms with van der Waals surface area (Å²) >= 11 is 4.89. The topological polar surface area (TPSA) is 75.3 Å². The average Bonchev–Trinajstić information content (AvgIpc) is 2.52. The highest BCUT2D eigenvalue weighted by Crippen LogP contribution is 2.11. The third-order valence-electron chi connectivity index (χ3n) is 2.85. The fourth-order valence-electron chi connectivity index (χ4n) is 1.80. The molecule has 6 nitrogen and oxygen atoms in total. The molecule has 0 radical (unpaired) electrons. The molecule has 18 heavy (non-hydrogen) atoms. The van der Waals surface area contributed by atoms with Crippen molar-refractivity contribution in [3.8, 4) is 0 Å². The van der Waals surface area contributed by atoms with Crippen LogP contribution in [0.3, 0.4) is 0 Å². The molecule has 0 unspecified atom stereocenters. The van der Waals surface area contributed by atoms with Crippen LogP contribution in [0.15, 0.2) is 12.3 Å². The van der Waals surface area contributed by atoms with Crippen molar-refractivity contribution in [2.45, 2.75) is 6.42 Å². The number of carbonyl (C=O) groups excluding carboxylic acids is 1. The van der Waals surface area contributed by atoms with Gasteiger partial charge < -0.3 is 15.5 Å². The average molecular weight is 265 g/mol. The lowest BCUT2D eigenvalue weighted by atomic mass is 10.4. The minimum Gasteiger partial charge on any atom is -0.388 e. The molecule has 96 valence electrons. The second-order valence-corrected chi connectivity index (χ2v) is 4.64. The molecule has 2 N–H and O–H groups in total. The Hall–Kier alpha value is -1.76. The van der Waals surface area contributed by atoms with Crippen LogP contribution in [-0.4, -0.2) is 52.4 Å². The van der Waals surface area contributed by atoms with Crippen LogP contribution < -0.4 is 10.6 Å². The number of rotatable bonds is 2. The molecule has 0 bridgehead atoms. The molecule has 1 aliphatic heterocycles. The van der Waals surface area contributed by atoms with E-state index >= 15 is 0 Å². The molecule has 1 aromatic heterocycles. The number of amides is 1. The maximum atomic E-state index is 11.8. The van der Waals surface area contributed by atoms with E-state index in [4.69, 9.17) is 18.0 Å². The summed E-state index contributed by atoms with van der Waals surface area (Å²) in [7, 11) is 1.80. The quantitative estimate of drug-likeness (QED) is 0.745. The van der Waals surface area contributed by atoms with E-state index in [-0.39, 0.29) is 17.4 Å². The van der Waals surface area contributed by atoms with Crippen molar-refractivity contribution in [2.75, 3.05) is 31.6 Å². The second-order valence-electron chi connectivity index (χ2n) is 4.20. The molecule has 1 aliphatic rings. The largest absolute Gasteiger partial charge is 0.388 e. The first-order valence-corrected chi connectivity index (χ1v) is 6.10. The van der Waals surface area contributed by atoms with Gasteiger partial charge in [-0.05, 0) is 12.5 Å². The Kier molecular flexibility index (Phi) is 3.71. The lowest BCUT2D eigenvalue weighted by molar-refractivity contribution is -0.127. The summed E-state index contributed by atoms with van der Waals surface area (Å²) in [5, 5.41) is 0. The maximum absolute atomic E-state index is 11.8. The smallest absolute Gasteiger partial charge is 0.241 e. The van der Waals surface area contributed by atoms with E-state index in [0.717, 1.165) is 19.5 Å². The Morgan fingerprint density at radius 3 is 3.00 bits per heavy atom. The molecular formula is C11H15N5OS. The van der Waals surface area contributed by atoms with E-state index in [0.29, 0.717) is 11.6 Å². The lowest BCUT2D eigenvalue weighted by Gasteiger charge is -2.19. The minimum absolute atomic E-state index is 0.0665. The van der Waals surface area contributed by atoms with Crippen molar-refractivity contribution in [3.05, 3.63) is 18.0 Å². The van der Waals surface area contributed by atoms with Gasteiger partial charge in [0.15, 0.2) is 0 Å². The van der Waals surface area contributed by atoms with Gasteiger partial charge in [-0.1, -0.05) is 12.2 Å². The third-order valence-corrected chi connectivity index (χ3v) is 3.06.